The van der Waals surface area contributed by atoms with Gasteiger partial charge in [-0.25, -0.2) is 0 Å². The van der Waals surface area contributed by atoms with Crippen molar-refractivity contribution < 1.29 is 4.79 Å². The molecule has 1 N–H and O–H groups in total. The van der Waals surface area contributed by atoms with Crippen molar-refractivity contribution in [3.05, 3.63) is 60.2 Å². The Kier molecular flexibility index (Phi) is 4.94. The third kappa shape index (κ3) is 3.83. The van der Waals surface area contributed by atoms with Crippen molar-refractivity contribution in [3.63, 3.8) is 0 Å². The lowest BCUT2D eigenvalue weighted by Crippen LogP contribution is -2.35. The van der Waals surface area contributed by atoms with E-state index < -0.39 is 0 Å². The second kappa shape index (κ2) is 7.11. The Balaban J connectivity index is 1.98. The third-order valence-electron chi connectivity index (χ3n) is 3.14. The van der Waals surface area contributed by atoms with Crippen molar-refractivity contribution in [1.29, 1.82) is 5.26 Å². The highest BCUT2D eigenvalue weighted by Gasteiger charge is 2.12. The van der Waals surface area contributed by atoms with Crippen LogP contribution in [0.15, 0.2) is 54.6 Å². The van der Waals surface area contributed by atoms with Gasteiger partial charge in [-0.2, -0.15) is 5.26 Å². The molecule has 0 atom stereocenters. The smallest absolute Gasteiger partial charge is 0.246 e. The number of carbonyl (C=O) groups is 1. The van der Waals surface area contributed by atoms with E-state index in [9.17, 15) is 4.79 Å². The lowest BCUT2D eigenvalue weighted by molar-refractivity contribution is -0.116. The first-order chi connectivity index (χ1) is 10.2. The maximum absolute atomic E-state index is 12.3. The van der Waals surface area contributed by atoms with Gasteiger partial charge in [-0.15, -0.1) is 0 Å². The van der Waals surface area contributed by atoms with E-state index >= 15 is 0 Å². The molecule has 0 fully saturated rings. The first-order valence-corrected chi connectivity index (χ1v) is 6.84. The van der Waals surface area contributed by atoms with Gasteiger partial charge < -0.3 is 10.2 Å². The summed E-state index contributed by atoms with van der Waals surface area (Å²) in [5.41, 5.74) is 2.32. The number of nitrogens with zero attached hydrogens (tertiary/aromatic N) is 2. The number of likely N-dealkylation sites (N-methyl/N-ethyl adjacent to an activating group) is 1. The van der Waals surface area contributed by atoms with Gasteiger partial charge in [0.1, 0.15) is 0 Å². The van der Waals surface area contributed by atoms with Crippen LogP contribution in [0.2, 0.25) is 0 Å². The van der Waals surface area contributed by atoms with Crippen LogP contribution in [0.3, 0.4) is 0 Å². The zero-order valence-corrected chi connectivity index (χ0v) is 11.9. The summed E-state index contributed by atoms with van der Waals surface area (Å²) >= 11 is 0. The third-order valence-corrected chi connectivity index (χ3v) is 3.14. The summed E-state index contributed by atoms with van der Waals surface area (Å²) in [6.07, 6.45) is 0. The number of carbonyl (C=O) groups excluding carboxylic acids is 1. The Morgan fingerprint density at radius 3 is 2.38 bits per heavy atom. The summed E-state index contributed by atoms with van der Waals surface area (Å²) < 4.78 is 0. The van der Waals surface area contributed by atoms with Crippen molar-refractivity contribution in [2.45, 2.75) is 6.92 Å². The van der Waals surface area contributed by atoms with Crippen LogP contribution in [-0.4, -0.2) is 19.0 Å². The molecule has 2 rings (SSSR count). The average molecular weight is 279 g/mol. The molecule has 0 unspecified atom stereocenters. The van der Waals surface area contributed by atoms with Crippen LogP contribution in [0.25, 0.3) is 0 Å². The molecule has 0 aliphatic heterocycles. The van der Waals surface area contributed by atoms with E-state index in [1.54, 1.807) is 29.2 Å². The first kappa shape index (κ1) is 14.6. The van der Waals surface area contributed by atoms with Crippen LogP contribution in [0.5, 0.6) is 0 Å². The summed E-state index contributed by atoms with van der Waals surface area (Å²) in [7, 11) is 0. The Bertz CT molecular complexity index is 629. The number of nitriles is 1. The molecule has 106 valence electrons. The minimum atomic E-state index is 0.00746. The van der Waals surface area contributed by atoms with Crippen molar-refractivity contribution in [2.24, 2.45) is 0 Å². The van der Waals surface area contributed by atoms with E-state index in [4.69, 9.17) is 5.26 Å². The van der Waals surface area contributed by atoms with Gasteiger partial charge in [0.05, 0.1) is 18.2 Å². The van der Waals surface area contributed by atoms with E-state index in [1.165, 1.54) is 0 Å². The molecule has 0 aliphatic carbocycles. The van der Waals surface area contributed by atoms with E-state index in [1.807, 2.05) is 37.3 Å². The molecule has 1 amide bonds. The van der Waals surface area contributed by atoms with Gasteiger partial charge in [-0.3, -0.25) is 4.79 Å². The van der Waals surface area contributed by atoms with Crippen LogP contribution in [0, 0.1) is 11.3 Å². The highest BCUT2D eigenvalue weighted by molar-refractivity contribution is 5.96. The molecular formula is C17H17N3O. The maximum atomic E-state index is 12.3. The monoisotopic (exact) mass is 279 g/mol. The summed E-state index contributed by atoms with van der Waals surface area (Å²) in [5.74, 6) is 0.00746. The Morgan fingerprint density at radius 2 is 1.81 bits per heavy atom. The standard InChI is InChI=1S/C17H17N3O/c1-2-20(16-6-4-3-5-7-16)17(21)13-19-15-10-8-14(12-18)9-11-15/h3-11,19H,2,13H2,1H3. The lowest BCUT2D eigenvalue weighted by Gasteiger charge is -2.21. The summed E-state index contributed by atoms with van der Waals surface area (Å²) in [6.45, 7) is 2.79. The predicted octanol–water partition coefficient (Wildman–Crippen LogP) is 3.02. The number of anilines is 2. The molecule has 0 aromatic heterocycles. The molecule has 4 heteroatoms. The number of benzene rings is 2. The summed E-state index contributed by atoms with van der Waals surface area (Å²) in [4.78, 5) is 14.0. The number of para-hydroxylation sites is 1. The van der Waals surface area contributed by atoms with Gasteiger partial charge in [0.15, 0.2) is 0 Å². The van der Waals surface area contributed by atoms with Gasteiger partial charge >= 0.3 is 0 Å². The van der Waals surface area contributed by atoms with Crippen molar-refractivity contribution in [1.82, 2.24) is 0 Å². The van der Waals surface area contributed by atoms with Crippen LogP contribution in [0.1, 0.15) is 12.5 Å². The van der Waals surface area contributed by atoms with Crippen LogP contribution < -0.4 is 10.2 Å². The lowest BCUT2D eigenvalue weighted by atomic mass is 10.2. The molecule has 21 heavy (non-hydrogen) atoms. The first-order valence-electron chi connectivity index (χ1n) is 6.84. The van der Waals surface area contributed by atoms with Crippen LogP contribution in [-0.2, 0) is 4.79 Å². The fourth-order valence-corrected chi connectivity index (χ4v) is 2.05. The fourth-order valence-electron chi connectivity index (χ4n) is 2.05. The van der Waals surface area contributed by atoms with E-state index in [2.05, 4.69) is 11.4 Å². The quantitative estimate of drug-likeness (QED) is 0.915. The van der Waals surface area contributed by atoms with Gasteiger partial charge in [0.2, 0.25) is 5.91 Å². The molecule has 4 nitrogen and oxygen atoms in total. The molecular weight excluding hydrogens is 262 g/mol. The van der Waals surface area contributed by atoms with E-state index in [-0.39, 0.29) is 12.5 Å². The molecule has 0 spiro atoms. The van der Waals surface area contributed by atoms with Crippen LogP contribution >= 0.6 is 0 Å². The molecule has 0 aliphatic rings. The normalized spacial score (nSPS) is 9.71. The minimum absolute atomic E-state index is 0.00746. The average Bonchev–Trinajstić information content (AvgIpc) is 2.55. The predicted molar refractivity (Wildman–Crippen MR) is 84.1 cm³/mol. The Morgan fingerprint density at radius 1 is 1.14 bits per heavy atom. The number of rotatable bonds is 5. The summed E-state index contributed by atoms with van der Waals surface area (Å²) in [5, 5.41) is 11.8. The van der Waals surface area contributed by atoms with Crippen molar-refractivity contribution >= 4 is 17.3 Å². The fraction of sp³-hybridized carbons (Fsp3) is 0.176. The number of hydrogen-bond donors (Lipinski definition) is 1. The second-order valence-corrected chi connectivity index (χ2v) is 4.52. The van der Waals surface area contributed by atoms with E-state index in [0.717, 1.165) is 11.4 Å². The van der Waals surface area contributed by atoms with Gasteiger partial charge in [-0.1, -0.05) is 18.2 Å². The Hall–Kier alpha value is -2.80. The molecule has 0 heterocycles. The van der Waals surface area contributed by atoms with Crippen molar-refractivity contribution in [3.8, 4) is 6.07 Å². The molecule has 0 bridgehead atoms. The number of nitrogens with one attached hydrogen (secondary N) is 1. The van der Waals surface area contributed by atoms with Gasteiger partial charge in [0.25, 0.3) is 0 Å². The number of amides is 1. The van der Waals surface area contributed by atoms with E-state index in [0.29, 0.717) is 12.1 Å². The molecule has 0 radical (unpaired) electrons. The zero-order chi connectivity index (χ0) is 15.1. The summed E-state index contributed by atoms with van der Waals surface area (Å²) in [6, 6.07) is 18.7. The minimum Gasteiger partial charge on any atom is -0.376 e. The molecule has 0 saturated heterocycles. The molecule has 0 saturated carbocycles. The van der Waals surface area contributed by atoms with Crippen molar-refractivity contribution in [2.75, 3.05) is 23.3 Å². The topological polar surface area (TPSA) is 56.1 Å². The highest BCUT2D eigenvalue weighted by Crippen LogP contribution is 2.14. The maximum Gasteiger partial charge on any atom is 0.246 e. The zero-order valence-electron chi connectivity index (χ0n) is 11.9. The van der Waals surface area contributed by atoms with Crippen LogP contribution in [0.4, 0.5) is 11.4 Å². The number of hydrogen-bond acceptors (Lipinski definition) is 3. The molecule has 2 aromatic rings. The molecule has 2 aromatic carbocycles. The van der Waals surface area contributed by atoms with Gasteiger partial charge in [-0.05, 0) is 43.3 Å². The second-order valence-electron chi connectivity index (χ2n) is 4.52. The Labute approximate surface area is 124 Å². The SMILES string of the molecule is CCN(C(=O)CNc1ccc(C#N)cc1)c1ccccc1. The largest absolute Gasteiger partial charge is 0.376 e. The highest BCUT2D eigenvalue weighted by atomic mass is 16.2. The van der Waals surface area contributed by atoms with Gasteiger partial charge in [0, 0.05) is 17.9 Å².